The van der Waals surface area contributed by atoms with Gasteiger partial charge in [0.15, 0.2) is 0 Å². The third-order valence-corrected chi connectivity index (χ3v) is 5.24. The Morgan fingerprint density at radius 3 is 2.76 bits per heavy atom. The SMILES string of the molecule is Cc1ccc2oc(=O)c3cc(C(=O)Nc4cccc(Cl)c4)sc3c2c1. The molecule has 4 nitrogen and oxygen atoms in total. The van der Waals surface area contributed by atoms with Crippen molar-refractivity contribution in [1.29, 1.82) is 0 Å². The van der Waals surface area contributed by atoms with Gasteiger partial charge in [-0.2, -0.15) is 0 Å². The van der Waals surface area contributed by atoms with Gasteiger partial charge in [-0.1, -0.05) is 29.3 Å². The van der Waals surface area contributed by atoms with Gasteiger partial charge in [-0.15, -0.1) is 11.3 Å². The van der Waals surface area contributed by atoms with Gasteiger partial charge in [0.25, 0.3) is 5.91 Å². The van der Waals surface area contributed by atoms with E-state index < -0.39 is 5.63 Å². The summed E-state index contributed by atoms with van der Waals surface area (Å²) in [7, 11) is 0. The van der Waals surface area contributed by atoms with E-state index in [1.165, 1.54) is 11.3 Å². The molecule has 0 fully saturated rings. The number of hydrogen-bond acceptors (Lipinski definition) is 4. The largest absolute Gasteiger partial charge is 0.422 e. The maximum atomic E-state index is 12.5. The van der Waals surface area contributed by atoms with E-state index in [0.29, 0.717) is 26.6 Å². The van der Waals surface area contributed by atoms with Crippen LogP contribution in [0.3, 0.4) is 0 Å². The van der Waals surface area contributed by atoms with Crippen LogP contribution < -0.4 is 10.9 Å². The second kappa shape index (κ2) is 6.02. The molecule has 0 radical (unpaired) electrons. The summed E-state index contributed by atoms with van der Waals surface area (Å²) in [6.45, 7) is 1.97. The second-order valence-electron chi connectivity index (χ2n) is 5.71. The molecule has 0 saturated carbocycles. The van der Waals surface area contributed by atoms with Gasteiger partial charge in [-0.3, -0.25) is 4.79 Å². The van der Waals surface area contributed by atoms with Crippen molar-refractivity contribution < 1.29 is 9.21 Å². The van der Waals surface area contributed by atoms with Gasteiger partial charge in [-0.05, 0) is 43.3 Å². The summed E-state index contributed by atoms with van der Waals surface area (Å²) >= 11 is 7.21. The Kier molecular flexibility index (Phi) is 3.82. The molecular weight excluding hydrogens is 358 g/mol. The van der Waals surface area contributed by atoms with Crippen molar-refractivity contribution in [2.45, 2.75) is 6.92 Å². The number of amides is 1. The molecule has 2 aromatic carbocycles. The van der Waals surface area contributed by atoms with Crippen LogP contribution in [0.5, 0.6) is 0 Å². The zero-order valence-corrected chi connectivity index (χ0v) is 14.7. The molecule has 124 valence electrons. The molecular formula is C19H12ClNO3S. The van der Waals surface area contributed by atoms with E-state index in [-0.39, 0.29) is 5.91 Å². The summed E-state index contributed by atoms with van der Waals surface area (Å²) in [5.74, 6) is -0.288. The molecule has 0 unspecified atom stereocenters. The lowest BCUT2D eigenvalue weighted by molar-refractivity contribution is 0.103. The van der Waals surface area contributed by atoms with Crippen molar-refractivity contribution in [3.8, 4) is 0 Å². The molecule has 0 spiro atoms. The Morgan fingerprint density at radius 1 is 1.12 bits per heavy atom. The van der Waals surface area contributed by atoms with Crippen molar-refractivity contribution in [3.05, 3.63) is 74.4 Å². The highest BCUT2D eigenvalue weighted by atomic mass is 35.5. The zero-order valence-electron chi connectivity index (χ0n) is 13.1. The van der Waals surface area contributed by atoms with Crippen molar-refractivity contribution in [2.75, 3.05) is 5.32 Å². The van der Waals surface area contributed by atoms with Crippen LogP contribution in [-0.4, -0.2) is 5.91 Å². The van der Waals surface area contributed by atoms with Crippen LogP contribution in [0.4, 0.5) is 5.69 Å². The summed E-state index contributed by atoms with van der Waals surface area (Å²) in [6, 6.07) is 14.1. The van der Waals surface area contributed by atoms with Gasteiger partial charge in [-0.25, -0.2) is 4.79 Å². The fraction of sp³-hybridized carbons (Fsp3) is 0.0526. The van der Waals surface area contributed by atoms with E-state index >= 15 is 0 Å². The van der Waals surface area contributed by atoms with Crippen LogP contribution in [0, 0.1) is 6.92 Å². The number of aryl methyl sites for hydroxylation is 1. The number of carbonyl (C=O) groups excluding carboxylic acids is 1. The van der Waals surface area contributed by atoms with Gasteiger partial charge in [0.05, 0.1) is 15.0 Å². The maximum Gasteiger partial charge on any atom is 0.345 e. The molecule has 4 rings (SSSR count). The zero-order chi connectivity index (χ0) is 17.6. The van der Waals surface area contributed by atoms with Crippen LogP contribution in [0.1, 0.15) is 15.2 Å². The fourth-order valence-corrected chi connectivity index (χ4v) is 3.93. The third kappa shape index (κ3) is 2.92. The Morgan fingerprint density at radius 2 is 1.96 bits per heavy atom. The second-order valence-corrected chi connectivity index (χ2v) is 7.20. The Bertz CT molecular complexity index is 1190. The van der Waals surface area contributed by atoms with Crippen molar-refractivity contribution in [1.82, 2.24) is 0 Å². The number of hydrogen-bond donors (Lipinski definition) is 1. The first-order valence-corrected chi connectivity index (χ1v) is 8.74. The number of rotatable bonds is 2. The van der Waals surface area contributed by atoms with E-state index in [2.05, 4.69) is 5.32 Å². The number of benzene rings is 2. The molecule has 4 aromatic rings. The molecule has 0 bridgehead atoms. The molecule has 0 aliphatic rings. The normalized spacial score (nSPS) is 11.1. The molecule has 1 amide bonds. The van der Waals surface area contributed by atoms with E-state index in [1.807, 2.05) is 19.1 Å². The standard InChI is InChI=1S/C19H12ClNO3S/c1-10-5-6-15-13(7-10)17-14(19(23)24-15)9-16(25-17)18(22)21-12-4-2-3-11(20)8-12/h2-9H,1H3,(H,21,22). The highest BCUT2D eigenvalue weighted by molar-refractivity contribution is 7.21. The van der Waals surface area contributed by atoms with Gasteiger partial charge in [0.1, 0.15) is 5.58 Å². The van der Waals surface area contributed by atoms with E-state index in [4.69, 9.17) is 16.0 Å². The van der Waals surface area contributed by atoms with E-state index in [9.17, 15) is 9.59 Å². The summed E-state index contributed by atoms with van der Waals surface area (Å²) in [4.78, 5) is 25.2. The predicted molar refractivity (Wildman–Crippen MR) is 102 cm³/mol. The van der Waals surface area contributed by atoms with Crippen LogP contribution in [0.15, 0.2) is 57.7 Å². The summed E-state index contributed by atoms with van der Waals surface area (Å²) < 4.78 is 6.11. The highest BCUT2D eigenvalue weighted by Gasteiger charge is 2.16. The molecule has 25 heavy (non-hydrogen) atoms. The van der Waals surface area contributed by atoms with Gasteiger partial charge >= 0.3 is 5.63 Å². The summed E-state index contributed by atoms with van der Waals surface area (Å²) in [5, 5.41) is 4.58. The highest BCUT2D eigenvalue weighted by Crippen LogP contribution is 2.31. The molecule has 0 aliphatic heterocycles. The minimum atomic E-state index is -0.440. The molecule has 1 N–H and O–H groups in total. The van der Waals surface area contributed by atoms with Crippen LogP contribution >= 0.6 is 22.9 Å². The molecule has 6 heteroatoms. The molecule has 2 aromatic heterocycles. The van der Waals surface area contributed by atoms with Crippen molar-refractivity contribution >= 4 is 55.6 Å². The molecule has 0 atom stereocenters. The van der Waals surface area contributed by atoms with Gasteiger partial charge in [0.2, 0.25) is 0 Å². The first kappa shape index (κ1) is 15.9. The Hall–Kier alpha value is -2.63. The number of fused-ring (bicyclic) bond motifs is 3. The molecule has 2 heterocycles. The quantitative estimate of drug-likeness (QED) is 0.493. The number of carbonyl (C=O) groups is 1. The van der Waals surface area contributed by atoms with Crippen LogP contribution in [0.25, 0.3) is 21.1 Å². The minimum absolute atomic E-state index is 0.288. The van der Waals surface area contributed by atoms with E-state index in [1.54, 1.807) is 36.4 Å². The smallest absolute Gasteiger partial charge is 0.345 e. The monoisotopic (exact) mass is 369 g/mol. The number of halogens is 1. The predicted octanol–water partition coefficient (Wildman–Crippen LogP) is 5.22. The lowest BCUT2D eigenvalue weighted by Gasteiger charge is -2.03. The Labute approximate surface area is 151 Å². The van der Waals surface area contributed by atoms with Crippen molar-refractivity contribution in [3.63, 3.8) is 0 Å². The molecule has 0 saturated heterocycles. The average Bonchev–Trinajstić information content (AvgIpc) is 3.02. The van der Waals surface area contributed by atoms with Crippen LogP contribution in [0.2, 0.25) is 5.02 Å². The maximum absolute atomic E-state index is 12.5. The Balaban J connectivity index is 1.82. The minimum Gasteiger partial charge on any atom is -0.422 e. The number of anilines is 1. The number of thiophene rings is 1. The van der Waals surface area contributed by atoms with Gasteiger partial charge < -0.3 is 9.73 Å². The average molecular weight is 370 g/mol. The van der Waals surface area contributed by atoms with Gasteiger partial charge in [0, 0.05) is 16.1 Å². The topological polar surface area (TPSA) is 59.3 Å². The molecule has 0 aliphatic carbocycles. The first-order valence-electron chi connectivity index (χ1n) is 7.55. The fourth-order valence-electron chi connectivity index (χ4n) is 2.68. The van der Waals surface area contributed by atoms with Crippen LogP contribution in [-0.2, 0) is 0 Å². The third-order valence-electron chi connectivity index (χ3n) is 3.84. The van der Waals surface area contributed by atoms with E-state index in [0.717, 1.165) is 15.6 Å². The lowest BCUT2D eigenvalue weighted by atomic mass is 10.1. The van der Waals surface area contributed by atoms with Crippen molar-refractivity contribution in [2.24, 2.45) is 0 Å². The summed E-state index contributed by atoms with van der Waals surface area (Å²) in [6.07, 6.45) is 0. The first-order chi connectivity index (χ1) is 12.0. The summed E-state index contributed by atoms with van der Waals surface area (Å²) in [5.41, 5.74) is 1.74. The lowest BCUT2D eigenvalue weighted by Crippen LogP contribution is -2.09. The number of nitrogens with one attached hydrogen (secondary N) is 1.